The van der Waals surface area contributed by atoms with Gasteiger partial charge in [0.05, 0.1) is 13.7 Å². The number of hydrogen-bond donors (Lipinski definition) is 1. The molecule has 1 aliphatic rings. The molecule has 1 aliphatic heterocycles. The number of imide groups is 1. The number of ether oxygens (including phenoxy) is 1. The minimum Gasteiger partial charge on any atom is -0.496 e. The molecule has 3 amide bonds. The van der Waals surface area contributed by atoms with Gasteiger partial charge in [0.2, 0.25) is 17.7 Å². The van der Waals surface area contributed by atoms with Crippen LogP contribution in [0.2, 0.25) is 0 Å². The van der Waals surface area contributed by atoms with Crippen LogP contribution >= 0.6 is 0 Å². The van der Waals surface area contributed by atoms with Gasteiger partial charge in [0, 0.05) is 30.2 Å². The Morgan fingerprint density at radius 2 is 1.79 bits per heavy atom. The predicted octanol–water partition coefficient (Wildman–Crippen LogP) is 3.30. The number of carbonyl (C=O) groups excluding carboxylic acids is 3. The van der Waals surface area contributed by atoms with Crippen molar-refractivity contribution in [2.45, 2.75) is 26.3 Å². The third-order valence-corrected chi connectivity index (χ3v) is 4.52. The van der Waals surface area contributed by atoms with Gasteiger partial charge in [0.15, 0.2) is 0 Å². The summed E-state index contributed by atoms with van der Waals surface area (Å²) in [5.74, 6) is 0.157. The molecule has 0 saturated carbocycles. The molecule has 3 rings (SSSR count). The van der Waals surface area contributed by atoms with Crippen molar-refractivity contribution < 1.29 is 19.1 Å². The van der Waals surface area contributed by atoms with E-state index in [1.165, 1.54) is 11.0 Å². The smallest absolute Gasteiger partial charge is 0.248 e. The highest BCUT2D eigenvalue weighted by atomic mass is 16.5. The Bertz CT molecular complexity index is 916. The Labute approximate surface area is 163 Å². The fourth-order valence-electron chi connectivity index (χ4n) is 3.01. The molecule has 1 fully saturated rings. The number of carbonyl (C=O) groups is 3. The Morgan fingerprint density at radius 1 is 1.11 bits per heavy atom. The number of anilines is 1. The van der Waals surface area contributed by atoms with Crippen molar-refractivity contribution >= 4 is 29.5 Å². The van der Waals surface area contributed by atoms with Crippen molar-refractivity contribution in [3.8, 4) is 5.75 Å². The van der Waals surface area contributed by atoms with Crippen molar-refractivity contribution in [1.82, 2.24) is 4.90 Å². The van der Waals surface area contributed by atoms with Crippen LogP contribution in [0.3, 0.4) is 0 Å². The predicted molar refractivity (Wildman–Crippen MR) is 107 cm³/mol. The van der Waals surface area contributed by atoms with E-state index in [9.17, 15) is 14.4 Å². The third kappa shape index (κ3) is 4.65. The van der Waals surface area contributed by atoms with E-state index in [4.69, 9.17) is 4.74 Å². The van der Waals surface area contributed by atoms with Gasteiger partial charge in [-0.3, -0.25) is 19.3 Å². The molecular formula is C22H22N2O4. The van der Waals surface area contributed by atoms with E-state index in [0.29, 0.717) is 11.4 Å². The van der Waals surface area contributed by atoms with Crippen molar-refractivity contribution in [3.05, 3.63) is 65.2 Å². The summed E-state index contributed by atoms with van der Waals surface area (Å²) < 4.78 is 5.30. The number of aryl methyl sites for hydroxylation is 1. The minimum atomic E-state index is -0.263. The molecule has 2 aromatic rings. The van der Waals surface area contributed by atoms with Crippen LogP contribution in [0.1, 0.15) is 29.5 Å². The highest BCUT2D eigenvalue weighted by molar-refractivity contribution is 6.02. The quantitative estimate of drug-likeness (QED) is 0.618. The highest BCUT2D eigenvalue weighted by Gasteiger charge is 2.28. The lowest BCUT2D eigenvalue weighted by Gasteiger charge is -2.14. The van der Waals surface area contributed by atoms with E-state index in [-0.39, 0.29) is 37.1 Å². The zero-order chi connectivity index (χ0) is 20.1. The Morgan fingerprint density at radius 3 is 2.43 bits per heavy atom. The van der Waals surface area contributed by atoms with Gasteiger partial charge < -0.3 is 10.1 Å². The maximum absolute atomic E-state index is 12.2. The first-order valence-electron chi connectivity index (χ1n) is 9.02. The van der Waals surface area contributed by atoms with Crippen molar-refractivity contribution in [3.63, 3.8) is 0 Å². The number of nitrogens with one attached hydrogen (secondary N) is 1. The average molecular weight is 378 g/mol. The largest absolute Gasteiger partial charge is 0.496 e. The number of nitrogens with zero attached hydrogens (tertiary/aromatic N) is 1. The third-order valence-electron chi connectivity index (χ3n) is 4.52. The zero-order valence-corrected chi connectivity index (χ0v) is 15.9. The van der Waals surface area contributed by atoms with Gasteiger partial charge >= 0.3 is 0 Å². The number of hydrogen-bond acceptors (Lipinski definition) is 4. The van der Waals surface area contributed by atoms with Gasteiger partial charge in [-0.2, -0.15) is 0 Å². The lowest BCUT2D eigenvalue weighted by Crippen LogP contribution is -2.28. The van der Waals surface area contributed by atoms with Gasteiger partial charge in [-0.1, -0.05) is 23.8 Å². The molecular weight excluding hydrogens is 356 g/mol. The molecule has 0 bridgehead atoms. The summed E-state index contributed by atoms with van der Waals surface area (Å²) in [4.78, 5) is 36.8. The molecule has 0 atom stereocenters. The topological polar surface area (TPSA) is 75.7 Å². The SMILES string of the molecule is COc1ccc(C)cc1/C=C/C(=O)Nc1ccc(CN2C(=O)CCC2=O)cc1. The van der Waals surface area contributed by atoms with Crippen LogP contribution in [0.25, 0.3) is 6.08 Å². The molecule has 28 heavy (non-hydrogen) atoms. The molecule has 0 aromatic heterocycles. The van der Waals surface area contributed by atoms with Gasteiger partial charge in [0.25, 0.3) is 0 Å². The number of methoxy groups -OCH3 is 1. The monoisotopic (exact) mass is 378 g/mol. The molecule has 0 aliphatic carbocycles. The number of amides is 3. The second-order valence-electron chi connectivity index (χ2n) is 6.64. The first-order chi connectivity index (χ1) is 13.5. The Kier molecular flexibility index (Phi) is 5.89. The molecule has 0 spiro atoms. The van der Waals surface area contributed by atoms with Crippen LogP contribution in [0.4, 0.5) is 5.69 Å². The molecule has 6 nitrogen and oxygen atoms in total. The molecule has 1 N–H and O–H groups in total. The number of likely N-dealkylation sites (tertiary alicyclic amines) is 1. The van der Waals surface area contributed by atoms with Crippen LogP contribution in [0.15, 0.2) is 48.5 Å². The van der Waals surface area contributed by atoms with Gasteiger partial charge in [0.1, 0.15) is 5.75 Å². The van der Waals surface area contributed by atoms with Crippen molar-refractivity contribution in [2.24, 2.45) is 0 Å². The van der Waals surface area contributed by atoms with Gasteiger partial charge in [-0.25, -0.2) is 0 Å². The van der Waals surface area contributed by atoms with E-state index in [2.05, 4.69) is 5.32 Å². The minimum absolute atomic E-state index is 0.140. The summed E-state index contributed by atoms with van der Waals surface area (Å²) in [5.41, 5.74) is 3.37. The second-order valence-corrected chi connectivity index (χ2v) is 6.64. The molecule has 144 valence electrons. The summed E-state index contributed by atoms with van der Waals surface area (Å²) in [5, 5.41) is 2.79. The molecule has 0 radical (unpaired) electrons. The van der Waals surface area contributed by atoms with E-state index in [1.807, 2.05) is 25.1 Å². The van der Waals surface area contributed by atoms with E-state index in [1.54, 1.807) is 37.5 Å². The first-order valence-corrected chi connectivity index (χ1v) is 9.02. The van der Waals surface area contributed by atoms with Crippen LogP contribution < -0.4 is 10.1 Å². The van der Waals surface area contributed by atoms with Crippen LogP contribution in [0, 0.1) is 6.92 Å². The highest BCUT2D eigenvalue weighted by Crippen LogP contribution is 2.21. The van der Waals surface area contributed by atoms with E-state index in [0.717, 1.165) is 16.7 Å². The molecule has 0 unspecified atom stereocenters. The lowest BCUT2D eigenvalue weighted by molar-refractivity contribution is -0.139. The van der Waals surface area contributed by atoms with Gasteiger partial charge in [-0.15, -0.1) is 0 Å². The van der Waals surface area contributed by atoms with Crippen LogP contribution in [-0.4, -0.2) is 29.7 Å². The number of benzene rings is 2. The zero-order valence-electron chi connectivity index (χ0n) is 15.9. The average Bonchev–Trinajstić information content (AvgIpc) is 3.00. The number of rotatable bonds is 6. The van der Waals surface area contributed by atoms with Gasteiger partial charge in [-0.05, 0) is 42.8 Å². The van der Waals surface area contributed by atoms with Crippen molar-refractivity contribution in [1.29, 1.82) is 0 Å². The standard InChI is InChI=1S/C22H22N2O4/c1-15-3-9-19(28-2)17(13-15)6-10-20(25)23-18-7-4-16(5-8-18)14-24-21(26)11-12-22(24)27/h3-10,13H,11-12,14H2,1-2H3,(H,23,25)/b10-6+. The summed E-state index contributed by atoms with van der Waals surface area (Å²) >= 11 is 0. The molecule has 6 heteroatoms. The Balaban J connectivity index is 1.61. The summed E-state index contributed by atoms with van der Waals surface area (Å²) in [6, 6.07) is 12.8. The van der Waals surface area contributed by atoms with Crippen molar-refractivity contribution in [2.75, 3.05) is 12.4 Å². The second kappa shape index (κ2) is 8.52. The van der Waals surface area contributed by atoms with Crippen LogP contribution in [0.5, 0.6) is 5.75 Å². The fourth-order valence-corrected chi connectivity index (χ4v) is 3.01. The van der Waals surface area contributed by atoms with E-state index < -0.39 is 0 Å². The molecule has 2 aromatic carbocycles. The first kappa shape index (κ1) is 19.4. The lowest BCUT2D eigenvalue weighted by atomic mass is 10.1. The maximum Gasteiger partial charge on any atom is 0.248 e. The Hall–Kier alpha value is -3.41. The summed E-state index contributed by atoms with van der Waals surface area (Å²) in [7, 11) is 1.59. The van der Waals surface area contributed by atoms with Crippen LogP contribution in [-0.2, 0) is 20.9 Å². The summed E-state index contributed by atoms with van der Waals surface area (Å²) in [6.45, 7) is 2.24. The maximum atomic E-state index is 12.2. The molecule has 1 heterocycles. The molecule has 1 saturated heterocycles. The fraction of sp³-hybridized carbons (Fsp3) is 0.227. The van der Waals surface area contributed by atoms with E-state index >= 15 is 0 Å². The normalized spacial score (nSPS) is 14.0. The summed E-state index contributed by atoms with van der Waals surface area (Å²) in [6.07, 6.45) is 3.73.